The van der Waals surface area contributed by atoms with Crippen LogP contribution in [0.4, 0.5) is 0 Å². The molecule has 17 heavy (non-hydrogen) atoms. The number of aliphatic hydroxyl groups excluding tert-OH is 2. The van der Waals surface area contributed by atoms with Crippen molar-refractivity contribution in [1.29, 1.82) is 0 Å². The minimum absolute atomic E-state index is 0.569. The smallest absolute Gasteiger partial charge is 0.330 e. The molecule has 1 aromatic rings. The van der Waals surface area contributed by atoms with Crippen LogP contribution in [-0.4, -0.2) is 44.6 Å². The van der Waals surface area contributed by atoms with Crippen molar-refractivity contribution in [3.8, 4) is 0 Å². The van der Waals surface area contributed by atoms with E-state index in [0.29, 0.717) is 0 Å². The molecule has 0 saturated carbocycles. The number of hydrogen-bond acceptors (Lipinski definition) is 6. The van der Waals surface area contributed by atoms with E-state index in [-0.39, 0.29) is 0 Å². The number of rotatable bonds is 2. The Morgan fingerprint density at radius 1 is 1.65 bits per heavy atom. The van der Waals surface area contributed by atoms with E-state index in [0.717, 1.165) is 10.6 Å². The summed E-state index contributed by atoms with van der Waals surface area (Å²) in [7, 11) is 0. The summed E-state index contributed by atoms with van der Waals surface area (Å²) in [4.78, 5) is 24.5. The summed E-state index contributed by atoms with van der Waals surface area (Å²) in [5.41, 5.74) is 4.36. The zero-order valence-corrected chi connectivity index (χ0v) is 8.69. The highest BCUT2D eigenvalue weighted by atomic mass is 16.5. The van der Waals surface area contributed by atoms with E-state index in [1.165, 1.54) is 6.20 Å². The summed E-state index contributed by atoms with van der Waals surface area (Å²) in [6.45, 7) is -1.67. The number of aromatic nitrogens is 2. The van der Waals surface area contributed by atoms with Gasteiger partial charge >= 0.3 is 5.69 Å². The molecule has 1 aliphatic rings. The van der Waals surface area contributed by atoms with Crippen molar-refractivity contribution in [3.05, 3.63) is 33.1 Å². The Bertz CT molecular complexity index is 541. The van der Waals surface area contributed by atoms with Crippen molar-refractivity contribution in [2.45, 2.75) is 24.5 Å². The van der Waals surface area contributed by atoms with Gasteiger partial charge in [0.25, 0.3) is 5.56 Å². The fourth-order valence-corrected chi connectivity index (χ4v) is 1.72. The zero-order chi connectivity index (χ0) is 13.4. The normalized spacial score (nSPS) is 35.6. The van der Waals surface area contributed by atoms with E-state index < -0.39 is 42.3 Å². The zero-order valence-electron chi connectivity index (χ0n) is 9.69. The second kappa shape index (κ2) is 4.41. The van der Waals surface area contributed by atoms with Gasteiger partial charge in [-0.1, -0.05) is 0 Å². The number of aromatic amines is 1. The Balaban J connectivity index is 2.35. The molecule has 1 aliphatic heterocycles. The maximum absolute atomic E-state index is 11.5. The number of aliphatic hydroxyl groups is 2. The minimum Gasteiger partial charge on any atom is -0.394 e. The van der Waals surface area contributed by atoms with E-state index in [1.807, 2.05) is 4.98 Å². The molecule has 2 heterocycles. The predicted octanol–water partition coefficient (Wildman–Crippen LogP) is -2.89. The van der Waals surface area contributed by atoms with Gasteiger partial charge in [0.1, 0.15) is 12.2 Å². The summed E-state index contributed by atoms with van der Waals surface area (Å²) >= 11 is 0. The van der Waals surface area contributed by atoms with Crippen molar-refractivity contribution in [2.75, 3.05) is 6.58 Å². The molecular weight excluding hydrogens is 230 g/mol. The van der Waals surface area contributed by atoms with Crippen LogP contribution in [0.5, 0.6) is 0 Å². The Morgan fingerprint density at radius 2 is 2.35 bits per heavy atom. The van der Waals surface area contributed by atoms with Crippen LogP contribution in [0.3, 0.4) is 0 Å². The molecule has 5 N–H and O–H groups in total. The predicted molar refractivity (Wildman–Crippen MR) is 56.3 cm³/mol. The van der Waals surface area contributed by atoms with Crippen molar-refractivity contribution in [3.63, 3.8) is 0 Å². The average molecular weight is 244 g/mol. The lowest BCUT2D eigenvalue weighted by Crippen LogP contribution is -2.42. The summed E-state index contributed by atoms with van der Waals surface area (Å²) < 4.78 is 13.3. The number of hydrogen-bond donors (Lipinski definition) is 4. The van der Waals surface area contributed by atoms with Gasteiger partial charge in [-0.3, -0.25) is 14.3 Å². The molecule has 0 radical (unpaired) electrons. The van der Waals surface area contributed by atoms with Gasteiger partial charge in [0.15, 0.2) is 6.23 Å². The molecule has 8 nitrogen and oxygen atoms in total. The first-order valence-corrected chi connectivity index (χ1v) is 4.92. The van der Waals surface area contributed by atoms with Crippen LogP contribution >= 0.6 is 0 Å². The van der Waals surface area contributed by atoms with Crippen LogP contribution < -0.4 is 17.0 Å². The number of H-pyrrole nitrogens is 1. The molecule has 8 heteroatoms. The first-order chi connectivity index (χ1) is 8.41. The third-order valence-corrected chi connectivity index (χ3v) is 2.63. The van der Waals surface area contributed by atoms with Crippen molar-refractivity contribution in [1.82, 2.24) is 9.55 Å². The van der Waals surface area contributed by atoms with Gasteiger partial charge in [-0.2, -0.15) is 0 Å². The van der Waals surface area contributed by atoms with Gasteiger partial charge in [-0.05, 0) is 0 Å². The lowest BCUT2D eigenvalue weighted by Gasteiger charge is -2.17. The molecule has 2 rings (SSSR count). The number of ether oxygens (including phenoxy) is 1. The summed E-state index contributed by atoms with van der Waals surface area (Å²) in [5.74, 6) is 0. The highest BCUT2D eigenvalue weighted by Crippen LogP contribution is 2.26. The van der Waals surface area contributed by atoms with Gasteiger partial charge in [0, 0.05) is 12.3 Å². The maximum Gasteiger partial charge on any atom is 0.330 e. The van der Waals surface area contributed by atoms with Gasteiger partial charge < -0.3 is 20.7 Å². The van der Waals surface area contributed by atoms with Gasteiger partial charge in [0.05, 0.1) is 14.0 Å². The third kappa shape index (κ3) is 2.03. The quantitative estimate of drug-likeness (QED) is 0.442. The van der Waals surface area contributed by atoms with E-state index in [1.54, 1.807) is 0 Å². The first-order valence-electron chi connectivity index (χ1n) is 5.50. The standard InChI is InChI=1S/C9H13N3O5/c10-6-7(15)4(3-13)17-8(6)12-2-1-5(14)11-9(12)16/h1-2,4,6-8,13,15H,3,10H2,(H,11,14,16)/t4-,6-,7-,8-/m1/s1/i3D/t3?,4-,6-,7-,8-. The van der Waals surface area contributed by atoms with Gasteiger partial charge in [-0.15, -0.1) is 0 Å². The van der Waals surface area contributed by atoms with Crippen molar-refractivity contribution in [2.24, 2.45) is 5.73 Å². The molecule has 0 aromatic carbocycles. The molecule has 0 spiro atoms. The third-order valence-electron chi connectivity index (χ3n) is 2.63. The molecule has 0 amide bonds. The van der Waals surface area contributed by atoms with Crippen LogP contribution in [0.2, 0.25) is 0 Å². The molecule has 94 valence electrons. The molecule has 1 unspecified atom stereocenters. The Labute approximate surface area is 96.7 Å². The summed E-state index contributed by atoms with van der Waals surface area (Å²) in [6.07, 6.45) is -2.35. The number of nitrogens with two attached hydrogens (primary N) is 1. The van der Waals surface area contributed by atoms with E-state index in [2.05, 4.69) is 0 Å². The Hall–Kier alpha value is -1.48. The molecule has 1 aromatic heterocycles. The van der Waals surface area contributed by atoms with Gasteiger partial charge in [-0.25, -0.2) is 4.79 Å². The Morgan fingerprint density at radius 3 is 2.88 bits per heavy atom. The fourth-order valence-electron chi connectivity index (χ4n) is 1.72. The second-order valence-electron chi connectivity index (χ2n) is 3.73. The SMILES string of the molecule is [2H]C(O)[C@H]1O[C@@H](n2ccc(=O)[nH]c2=O)[C@H](N)[C@@H]1O. The van der Waals surface area contributed by atoms with Crippen molar-refractivity contribution < 1.29 is 16.3 Å². The maximum atomic E-state index is 11.5. The molecule has 0 aliphatic carbocycles. The van der Waals surface area contributed by atoms with E-state index in [4.69, 9.17) is 16.9 Å². The first kappa shape index (κ1) is 10.7. The highest BCUT2D eigenvalue weighted by molar-refractivity contribution is 4.94. The fraction of sp³-hybridized carbons (Fsp3) is 0.556. The minimum atomic E-state index is -1.67. The van der Waals surface area contributed by atoms with Crippen LogP contribution in [0.25, 0.3) is 0 Å². The highest BCUT2D eigenvalue weighted by Gasteiger charge is 2.42. The van der Waals surface area contributed by atoms with E-state index >= 15 is 0 Å². The van der Waals surface area contributed by atoms with Gasteiger partial charge in [0.2, 0.25) is 0 Å². The molecule has 0 bridgehead atoms. The Kier molecular flexibility index (Phi) is 2.77. The molecule has 1 fully saturated rings. The van der Waals surface area contributed by atoms with Crippen LogP contribution in [0.1, 0.15) is 7.60 Å². The number of nitrogens with one attached hydrogen (secondary N) is 1. The molecule has 1 saturated heterocycles. The van der Waals surface area contributed by atoms with Crippen LogP contribution in [0, 0.1) is 0 Å². The lowest BCUT2D eigenvalue weighted by atomic mass is 10.1. The van der Waals surface area contributed by atoms with Crippen LogP contribution in [-0.2, 0) is 4.74 Å². The lowest BCUT2D eigenvalue weighted by molar-refractivity contribution is -0.0465. The molecular formula is C9H13N3O5. The topological polar surface area (TPSA) is 131 Å². The van der Waals surface area contributed by atoms with Crippen LogP contribution in [0.15, 0.2) is 21.9 Å². The van der Waals surface area contributed by atoms with E-state index in [9.17, 15) is 14.7 Å². The van der Waals surface area contributed by atoms with Crippen molar-refractivity contribution >= 4 is 0 Å². The summed E-state index contributed by atoms with van der Waals surface area (Å²) in [5, 5.41) is 18.8. The molecule has 5 atom stereocenters. The summed E-state index contributed by atoms with van der Waals surface area (Å²) in [6, 6.07) is 0.118. The monoisotopic (exact) mass is 244 g/mol. The second-order valence-corrected chi connectivity index (χ2v) is 3.73. The largest absolute Gasteiger partial charge is 0.394 e. The number of nitrogens with zero attached hydrogens (tertiary/aromatic N) is 1. The average Bonchev–Trinajstić information content (AvgIpc) is 2.57.